The zero-order chi connectivity index (χ0) is 23.5. The number of benzene rings is 2. The van der Waals surface area contributed by atoms with Crippen molar-refractivity contribution in [3.05, 3.63) is 95.7 Å². The lowest BCUT2D eigenvalue weighted by atomic mass is 10.1. The molecule has 0 atom stereocenters. The standard InChI is InChI=1S/C25H23N3O4S/c1-32-25(31)20-13-19(16-27-23(30)17-33-24-9-5-6-12-26-24)14-21(15-20)28-22(29)11-10-18-7-3-2-4-8-18/h2-15H,16-17H2,1H3,(H,27,30)(H,28,29)/b11-10+. The molecule has 7 nitrogen and oxygen atoms in total. The number of amides is 2. The van der Waals surface area contributed by atoms with E-state index in [4.69, 9.17) is 4.74 Å². The van der Waals surface area contributed by atoms with Crippen LogP contribution in [-0.2, 0) is 20.9 Å². The van der Waals surface area contributed by atoms with Crippen LogP contribution in [0.15, 0.2) is 84.0 Å². The lowest BCUT2D eigenvalue weighted by Gasteiger charge is -2.10. The molecule has 0 fully saturated rings. The lowest BCUT2D eigenvalue weighted by molar-refractivity contribution is -0.118. The van der Waals surface area contributed by atoms with E-state index in [1.807, 2.05) is 48.5 Å². The fraction of sp³-hybridized carbons (Fsp3) is 0.120. The van der Waals surface area contributed by atoms with Crippen molar-refractivity contribution < 1.29 is 19.1 Å². The van der Waals surface area contributed by atoms with E-state index >= 15 is 0 Å². The summed E-state index contributed by atoms with van der Waals surface area (Å²) in [4.78, 5) is 40.8. The van der Waals surface area contributed by atoms with Crippen LogP contribution in [0, 0.1) is 0 Å². The van der Waals surface area contributed by atoms with E-state index in [1.54, 1.807) is 24.4 Å². The van der Waals surface area contributed by atoms with Crippen molar-refractivity contribution in [1.29, 1.82) is 0 Å². The van der Waals surface area contributed by atoms with E-state index in [1.165, 1.54) is 31.0 Å². The van der Waals surface area contributed by atoms with Gasteiger partial charge in [-0.3, -0.25) is 9.59 Å². The SMILES string of the molecule is COC(=O)c1cc(CNC(=O)CSc2ccccn2)cc(NC(=O)/C=C/c2ccccc2)c1. The lowest BCUT2D eigenvalue weighted by Crippen LogP contribution is -2.25. The number of ether oxygens (including phenoxy) is 1. The summed E-state index contributed by atoms with van der Waals surface area (Å²) in [6.45, 7) is 0.190. The smallest absolute Gasteiger partial charge is 0.337 e. The summed E-state index contributed by atoms with van der Waals surface area (Å²) in [5.74, 6) is -0.848. The molecule has 1 aromatic heterocycles. The van der Waals surface area contributed by atoms with Crippen molar-refractivity contribution >= 4 is 41.3 Å². The number of anilines is 1. The molecule has 0 saturated heterocycles. The van der Waals surface area contributed by atoms with E-state index in [0.29, 0.717) is 11.3 Å². The van der Waals surface area contributed by atoms with Crippen LogP contribution >= 0.6 is 11.8 Å². The van der Waals surface area contributed by atoms with Crippen molar-refractivity contribution in [2.75, 3.05) is 18.2 Å². The Kier molecular flexibility index (Phi) is 8.79. The van der Waals surface area contributed by atoms with Crippen LogP contribution in [0.5, 0.6) is 0 Å². The number of hydrogen-bond acceptors (Lipinski definition) is 6. The van der Waals surface area contributed by atoms with Gasteiger partial charge in [-0.25, -0.2) is 9.78 Å². The summed E-state index contributed by atoms with van der Waals surface area (Å²) < 4.78 is 4.81. The number of rotatable bonds is 9. The highest BCUT2D eigenvalue weighted by atomic mass is 32.2. The molecule has 0 spiro atoms. The Hall–Kier alpha value is -3.91. The maximum Gasteiger partial charge on any atom is 0.337 e. The Morgan fingerprint density at radius 3 is 2.55 bits per heavy atom. The molecule has 0 aliphatic rings. The van der Waals surface area contributed by atoms with Gasteiger partial charge in [0.1, 0.15) is 0 Å². The Balaban J connectivity index is 1.64. The van der Waals surface area contributed by atoms with Gasteiger partial charge in [-0.05, 0) is 47.5 Å². The van der Waals surface area contributed by atoms with Crippen LogP contribution in [-0.4, -0.2) is 35.6 Å². The van der Waals surface area contributed by atoms with Crippen LogP contribution in [0.25, 0.3) is 6.08 Å². The second-order valence-electron chi connectivity index (χ2n) is 6.88. The number of carbonyl (C=O) groups excluding carboxylic acids is 3. The zero-order valence-corrected chi connectivity index (χ0v) is 18.8. The first-order chi connectivity index (χ1) is 16.0. The molecule has 0 bridgehead atoms. The number of hydrogen-bond donors (Lipinski definition) is 2. The van der Waals surface area contributed by atoms with Gasteiger partial charge in [0.2, 0.25) is 11.8 Å². The highest BCUT2D eigenvalue weighted by Gasteiger charge is 2.11. The van der Waals surface area contributed by atoms with E-state index < -0.39 is 5.97 Å². The molecule has 0 saturated carbocycles. The van der Waals surface area contributed by atoms with Gasteiger partial charge in [0.25, 0.3) is 0 Å². The molecule has 2 N–H and O–H groups in total. The molecule has 0 radical (unpaired) electrons. The summed E-state index contributed by atoms with van der Waals surface area (Å²) in [6, 6.07) is 19.8. The van der Waals surface area contributed by atoms with Gasteiger partial charge in [0.15, 0.2) is 0 Å². The Labute approximate surface area is 196 Å². The highest BCUT2D eigenvalue weighted by Crippen LogP contribution is 2.17. The van der Waals surface area contributed by atoms with Gasteiger partial charge in [0.05, 0.1) is 23.5 Å². The van der Waals surface area contributed by atoms with Crippen LogP contribution in [0.1, 0.15) is 21.5 Å². The van der Waals surface area contributed by atoms with Crippen molar-refractivity contribution in [3.63, 3.8) is 0 Å². The van der Waals surface area contributed by atoms with Gasteiger partial charge in [0, 0.05) is 24.5 Å². The molecular formula is C25H23N3O4S. The molecule has 8 heteroatoms. The minimum atomic E-state index is -0.538. The minimum absolute atomic E-state index is 0.175. The highest BCUT2D eigenvalue weighted by molar-refractivity contribution is 7.99. The second-order valence-corrected chi connectivity index (χ2v) is 7.87. The Morgan fingerprint density at radius 1 is 1.03 bits per heavy atom. The fourth-order valence-electron chi connectivity index (χ4n) is 2.85. The number of aromatic nitrogens is 1. The fourth-order valence-corrected chi connectivity index (χ4v) is 3.54. The molecule has 0 unspecified atom stereocenters. The number of pyridine rings is 1. The zero-order valence-electron chi connectivity index (χ0n) is 18.0. The largest absolute Gasteiger partial charge is 0.465 e. The number of thioether (sulfide) groups is 1. The summed E-state index contributed by atoms with van der Waals surface area (Å²) in [6.07, 6.45) is 4.78. The number of carbonyl (C=O) groups is 3. The summed E-state index contributed by atoms with van der Waals surface area (Å²) in [7, 11) is 1.28. The predicted molar refractivity (Wildman–Crippen MR) is 129 cm³/mol. The average molecular weight is 462 g/mol. The molecule has 168 valence electrons. The summed E-state index contributed by atoms with van der Waals surface area (Å²) in [5.41, 5.74) is 2.24. The first-order valence-corrected chi connectivity index (χ1v) is 11.1. The van der Waals surface area contributed by atoms with Gasteiger partial charge < -0.3 is 15.4 Å². The first-order valence-electron chi connectivity index (χ1n) is 10.1. The van der Waals surface area contributed by atoms with Crippen molar-refractivity contribution in [1.82, 2.24) is 10.3 Å². The van der Waals surface area contributed by atoms with E-state index in [-0.39, 0.29) is 29.7 Å². The first kappa shape index (κ1) is 23.7. The van der Waals surface area contributed by atoms with Crippen LogP contribution in [0.4, 0.5) is 5.69 Å². The van der Waals surface area contributed by atoms with E-state index in [9.17, 15) is 14.4 Å². The number of methoxy groups -OCH3 is 1. The molecule has 1 heterocycles. The van der Waals surface area contributed by atoms with Gasteiger partial charge in [-0.2, -0.15) is 0 Å². The van der Waals surface area contributed by atoms with Crippen LogP contribution in [0.3, 0.4) is 0 Å². The van der Waals surface area contributed by atoms with Crippen molar-refractivity contribution in [3.8, 4) is 0 Å². The van der Waals surface area contributed by atoms with E-state index in [0.717, 1.165) is 10.6 Å². The summed E-state index contributed by atoms with van der Waals surface area (Å²) in [5, 5.41) is 6.32. The Morgan fingerprint density at radius 2 is 1.82 bits per heavy atom. The molecule has 0 aliphatic carbocycles. The quantitative estimate of drug-likeness (QED) is 0.285. The van der Waals surface area contributed by atoms with Crippen LogP contribution < -0.4 is 10.6 Å². The number of esters is 1. The molecular weight excluding hydrogens is 438 g/mol. The minimum Gasteiger partial charge on any atom is -0.465 e. The predicted octanol–water partition coefficient (Wildman–Crippen LogP) is 3.93. The second kappa shape index (κ2) is 12.2. The molecule has 3 aromatic rings. The molecule has 0 aliphatic heterocycles. The third-order valence-corrected chi connectivity index (χ3v) is 5.33. The number of nitrogens with zero attached hydrogens (tertiary/aromatic N) is 1. The van der Waals surface area contributed by atoms with Crippen molar-refractivity contribution in [2.24, 2.45) is 0 Å². The summed E-state index contributed by atoms with van der Waals surface area (Å²) >= 11 is 1.33. The van der Waals surface area contributed by atoms with E-state index in [2.05, 4.69) is 15.6 Å². The molecule has 33 heavy (non-hydrogen) atoms. The number of nitrogens with one attached hydrogen (secondary N) is 2. The topological polar surface area (TPSA) is 97.4 Å². The normalized spacial score (nSPS) is 10.6. The molecule has 3 rings (SSSR count). The maximum atomic E-state index is 12.3. The molecule has 2 aromatic carbocycles. The monoisotopic (exact) mass is 461 g/mol. The van der Waals surface area contributed by atoms with Gasteiger partial charge in [-0.1, -0.05) is 48.2 Å². The van der Waals surface area contributed by atoms with Crippen molar-refractivity contribution in [2.45, 2.75) is 11.6 Å². The van der Waals surface area contributed by atoms with Crippen LogP contribution in [0.2, 0.25) is 0 Å². The van der Waals surface area contributed by atoms with Gasteiger partial charge in [-0.15, -0.1) is 0 Å². The van der Waals surface area contributed by atoms with Gasteiger partial charge >= 0.3 is 5.97 Å². The molecule has 2 amide bonds. The third-order valence-electron chi connectivity index (χ3n) is 4.39. The average Bonchev–Trinajstić information content (AvgIpc) is 2.85. The maximum absolute atomic E-state index is 12.3. The third kappa shape index (κ3) is 7.93. The Bertz CT molecular complexity index is 1130.